The van der Waals surface area contributed by atoms with Gasteiger partial charge in [0.1, 0.15) is 5.82 Å². The molecule has 0 radical (unpaired) electrons. The maximum absolute atomic E-state index is 4.62. The lowest BCUT2D eigenvalue weighted by atomic mass is 10.2. The van der Waals surface area contributed by atoms with Gasteiger partial charge >= 0.3 is 0 Å². The summed E-state index contributed by atoms with van der Waals surface area (Å²) < 4.78 is 1.09. The van der Waals surface area contributed by atoms with Gasteiger partial charge < -0.3 is 5.32 Å². The van der Waals surface area contributed by atoms with Crippen LogP contribution in [0.3, 0.4) is 0 Å². The molecule has 0 aliphatic carbocycles. The highest BCUT2D eigenvalue weighted by molar-refractivity contribution is 14.1. The topological polar surface area (TPSA) is 63.6 Å². The summed E-state index contributed by atoms with van der Waals surface area (Å²) in [5.41, 5.74) is 1.06. The fraction of sp³-hybridized carbons (Fsp3) is 0.429. The molecule has 0 amide bonds. The Kier molecular flexibility index (Phi) is 5.63. The van der Waals surface area contributed by atoms with Crippen LogP contribution >= 0.6 is 22.6 Å². The molecule has 0 spiro atoms. The molecule has 0 aliphatic rings. The van der Waals surface area contributed by atoms with Crippen LogP contribution in [0, 0.1) is 3.57 Å². The van der Waals surface area contributed by atoms with Crippen LogP contribution in [0.25, 0.3) is 11.6 Å². The first-order chi connectivity index (χ1) is 9.76. The van der Waals surface area contributed by atoms with Gasteiger partial charge in [-0.25, -0.2) is 19.9 Å². The molecule has 20 heavy (non-hydrogen) atoms. The molecule has 106 valence electrons. The Labute approximate surface area is 132 Å². The highest BCUT2D eigenvalue weighted by Gasteiger charge is 2.14. The minimum Gasteiger partial charge on any atom is -0.369 e. The molecule has 0 bridgehead atoms. The van der Waals surface area contributed by atoms with Crippen molar-refractivity contribution >= 4 is 28.4 Å². The van der Waals surface area contributed by atoms with Crippen molar-refractivity contribution in [1.82, 2.24) is 19.9 Å². The minimum absolute atomic E-state index is 0.570. The summed E-state index contributed by atoms with van der Waals surface area (Å²) in [6.45, 7) is 5.18. The third kappa shape index (κ3) is 3.62. The van der Waals surface area contributed by atoms with Crippen molar-refractivity contribution in [3.63, 3.8) is 0 Å². The molecule has 0 fully saturated rings. The summed E-state index contributed by atoms with van der Waals surface area (Å²) >= 11 is 2.31. The van der Waals surface area contributed by atoms with E-state index in [4.69, 9.17) is 0 Å². The van der Waals surface area contributed by atoms with E-state index in [1.807, 2.05) is 0 Å². The quantitative estimate of drug-likeness (QED) is 0.776. The van der Waals surface area contributed by atoms with E-state index in [0.717, 1.165) is 40.9 Å². The van der Waals surface area contributed by atoms with Gasteiger partial charge in [-0.15, -0.1) is 0 Å². The van der Waals surface area contributed by atoms with Crippen molar-refractivity contribution < 1.29 is 0 Å². The predicted molar refractivity (Wildman–Crippen MR) is 88.6 cm³/mol. The van der Waals surface area contributed by atoms with E-state index in [1.54, 1.807) is 18.5 Å². The third-order valence-corrected chi connectivity index (χ3v) is 3.85. The van der Waals surface area contributed by atoms with E-state index in [9.17, 15) is 0 Å². The highest BCUT2D eigenvalue weighted by atomic mass is 127. The lowest BCUT2D eigenvalue weighted by Gasteiger charge is -2.11. The Hall–Kier alpha value is -1.31. The Morgan fingerprint density at radius 3 is 2.45 bits per heavy atom. The summed E-state index contributed by atoms with van der Waals surface area (Å²) in [6, 6.07) is 1.79. The molecule has 0 saturated heterocycles. The summed E-state index contributed by atoms with van der Waals surface area (Å²) in [5, 5.41) is 3.36. The van der Waals surface area contributed by atoms with Crippen LogP contribution in [-0.2, 0) is 6.42 Å². The average Bonchev–Trinajstić information content (AvgIpc) is 2.49. The first-order valence-corrected chi connectivity index (χ1v) is 7.91. The minimum atomic E-state index is 0.570. The second-order valence-corrected chi connectivity index (χ2v) is 5.48. The highest BCUT2D eigenvalue weighted by Crippen LogP contribution is 2.23. The average molecular weight is 383 g/mol. The van der Waals surface area contributed by atoms with Crippen LogP contribution in [0.1, 0.15) is 32.4 Å². The van der Waals surface area contributed by atoms with Gasteiger partial charge in [-0.3, -0.25) is 0 Å². The standard InChI is InChI=1S/C14H18IN5/c1-3-6-10-11(15)12(16-7-4-2)20-14(19-10)13-17-8-5-9-18-13/h5,8-9H,3-4,6-7H2,1-2H3,(H,16,19,20). The molecule has 0 saturated carbocycles. The fourth-order valence-corrected chi connectivity index (χ4v) is 2.47. The Bertz CT molecular complexity index is 559. The van der Waals surface area contributed by atoms with Crippen LogP contribution in [0.15, 0.2) is 18.5 Å². The predicted octanol–water partition coefficient (Wildman–Crippen LogP) is 3.31. The van der Waals surface area contributed by atoms with Crippen LogP contribution in [0.2, 0.25) is 0 Å². The number of halogens is 1. The van der Waals surface area contributed by atoms with Crippen molar-refractivity contribution in [2.45, 2.75) is 33.1 Å². The lowest BCUT2D eigenvalue weighted by Crippen LogP contribution is -2.10. The molecule has 0 aromatic carbocycles. The molecular weight excluding hydrogens is 365 g/mol. The zero-order chi connectivity index (χ0) is 14.4. The van der Waals surface area contributed by atoms with E-state index in [1.165, 1.54) is 0 Å². The number of anilines is 1. The largest absolute Gasteiger partial charge is 0.369 e. The Balaban J connectivity index is 2.44. The fourth-order valence-electron chi connectivity index (χ4n) is 1.77. The van der Waals surface area contributed by atoms with Crippen molar-refractivity contribution in [1.29, 1.82) is 0 Å². The van der Waals surface area contributed by atoms with Gasteiger partial charge in [0.05, 0.1) is 9.26 Å². The van der Waals surface area contributed by atoms with Gasteiger partial charge in [-0.05, 0) is 41.5 Å². The molecule has 0 unspecified atom stereocenters. The van der Waals surface area contributed by atoms with E-state index < -0.39 is 0 Å². The van der Waals surface area contributed by atoms with Gasteiger partial charge in [0, 0.05) is 18.9 Å². The van der Waals surface area contributed by atoms with Crippen molar-refractivity contribution in [2.75, 3.05) is 11.9 Å². The molecule has 0 atom stereocenters. The van der Waals surface area contributed by atoms with E-state index in [0.29, 0.717) is 11.6 Å². The second kappa shape index (κ2) is 7.47. The van der Waals surface area contributed by atoms with Crippen LogP contribution in [-0.4, -0.2) is 26.5 Å². The van der Waals surface area contributed by atoms with Gasteiger partial charge in [-0.1, -0.05) is 20.3 Å². The normalized spacial score (nSPS) is 10.6. The van der Waals surface area contributed by atoms with E-state index in [2.05, 4.69) is 61.7 Å². The number of aryl methyl sites for hydroxylation is 1. The van der Waals surface area contributed by atoms with E-state index >= 15 is 0 Å². The first-order valence-electron chi connectivity index (χ1n) is 6.84. The molecule has 5 nitrogen and oxygen atoms in total. The molecule has 2 aromatic rings. The number of aromatic nitrogens is 4. The van der Waals surface area contributed by atoms with E-state index in [-0.39, 0.29) is 0 Å². The maximum Gasteiger partial charge on any atom is 0.200 e. The van der Waals surface area contributed by atoms with Crippen molar-refractivity contribution in [3.05, 3.63) is 27.7 Å². The second-order valence-electron chi connectivity index (χ2n) is 4.41. The maximum atomic E-state index is 4.62. The molecule has 2 rings (SSSR count). The number of hydrogen-bond acceptors (Lipinski definition) is 5. The van der Waals surface area contributed by atoms with Crippen LogP contribution in [0.5, 0.6) is 0 Å². The zero-order valence-corrected chi connectivity index (χ0v) is 13.9. The Morgan fingerprint density at radius 2 is 1.80 bits per heavy atom. The SMILES string of the molecule is CCCNc1nc(-c2ncccn2)nc(CCC)c1I. The number of hydrogen-bond donors (Lipinski definition) is 1. The summed E-state index contributed by atoms with van der Waals surface area (Å²) in [4.78, 5) is 17.7. The van der Waals surface area contributed by atoms with Gasteiger partial charge in [0.2, 0.25) is 0 Å². The van der Waals surface area contributed by atoms with Crippen LogP contribution in [0.4, 0.5) is 5.82 Å². The van der Waals surface area contributed by atoms with Crippen molar-refractivity contribution in [2.24, 2.45) is 0 Å². The Morgan fingerprint density at radius 1 is 1.05 bits per heavy atom. The molecule has 6 heteroatoms. The first kappa shape index (κ1) is 15.1. The zero-order valence-electron chi connectivity index (χ0n) is 11.7. The molecule has 0 aliphatic heterocycles. The van der Waals surface area contributed by atoms with Gasteiger partial charge in [-0.2, -0.15) is 0 Å². The lowest BCUT2D eigenvalue weighted by molar-refractivity contribution is 0.860. The van der Waals surface area contributed by atoms with Crippen LogP contribution < -0.4 is 5.32 Å². The molecule has 2 aromatic heterocycles. The number of rotatable bonds is 6. The third-order valence-electron chi connectivity index (χ3n) is 2.71. The number of nitrogens with one attached hydrogen (secondary N) is 1. The summed E-state index contributed by atoms with van der Waals surface area (Å²) in [6.07, 6.45) is 6.46. The molecular formula is C14H18IN5. The monoisotopic (exact) mass is 383 g/mol. The number of nitrogens with zero attached hydrogens (tertiary/aromatic N) is 4. The molecule has 1 N–H and O–H groups in total. The van der Waals surface area contributed by atoms with Gasteiger partial charge in [0.25, 0.3) is 0 Å². The smallest absolute Gasteiger partial charge is 0.200 e. The molecule has 2 heterocycles. The summed E-state index contributed by atoms with van der Waals surface area (Å²) in [7, 11) is 0. The summed E-state index contributed by atoms with van der Waals surface area (Å²) in [5.74, 6) is 2.04. The van der Waals surface area contributed by atoms with Gasteiger partial charge in [0.15, 0.2) is 11.6 Å². The van der Waals surface area contributed by atoms with Crippen molar-refractivity contribution in [3.8, 4) is 11.6 Å².